The van der Waals surface area contributed by atoms with Crippen LogP contribution in [-0.4, -0.2) is 13.8 Å². The number of ether oxygens (including phenoxy) is 2. The first-order valence-corrected chi connectivity index (χ1v) is 6.04. The summed E-state index contributed by atoms with van der Waals surface area (Å²) in [6.07, 6.45) is 0.759. The van der Waals surface area contributed by atoms with Gasteiger partial charge in [-0.05, 0) is 23.1 Å². The first kappa shape index (κ1) is 14.3. The van der Waals surface area contributed by atoms with E-state index in [-0.39, 0.29) is 82.9 Å². The molecule has 0 spiro atoms. The normalized spacial score (nSPS) is 34.1. The minimum atomic E-state index is -4.70. The summed E-state index contributed by atoms with van der Waals surface area (Å²) in [4.78, 5) is 0. The van der Waals surface area contributed by atoms with Gasteiger partial charge in [0, 0.05) is 0 Å². The second-order valence-electron chi connectivity index (χ2n) is 5.82. The van der Waals surface area contributed by atoms with Crippen LogP contribution in [0.3, 0.4) is 0 Å². The van der Waals surface area contributed by atoms with Crippen molar-refractivity contribution in [3.63, 3.8) is 0 Å². The van der Waals surface area contributed by atoms with Crippen molar-refractivity contribution in [2.24, 2.45) is 0 Å². The molecule has 0 saturated heterocycles. The Morgan fingerprint density at radius 2 is 1.63 bits per heavy atom. The summed E-state index contributed by atoms with van der Waals surface area (Å²) in [5.41, 5.74) is 0.715. The summed E-state index contributed by atoms with van der Waals surface area (Å²) in [6.45, 7) is -4.50. The van der Waals surface area contributed by atoms with E-state index in [1.807, 2.05) is 12.1 Å². The molecule has 5 rings (SSSR count). The SMILES string of the molecule is F[B-](F)(F)C12CC(c3ccc4c(c3)OCO4)(C1)C2.[K+]. The van der Waals surface area contributed by atoms with Gasteiger partial charge in [0.05, 0.1) is 0 Å². The van der Waals surface area contributed by atoms with Crippen LogP contribution in [0.4, 0.5) is 12.9 Å². The molecule has 0 N–H and O–H groups in total. The Labute approximate surface area is 151 Å². The summed E-state index contributed by atoms with van der Waals surface area (Å²) in [7, 11) is 0. The number of hydrogen-bond acceptors (Lipinski definition) is 2. The molecule has 2 bridgehead atoms. The largest absolute Gasteiger partial charge is 1.00 e. The Morgan fingerprint density at radius 1 is 1.00 bits per heavy atom. The van der Waals surface area contributed by atoms with Gasteiger partial charge >= 0.3 is 58.4 Å². The summed E-state index contributed by atoms with van der Waals surface area (Å²) in [5.74, 6) is 1.34. The fourth-order valence-electron chi connectivity index (χ4n) is 3.75. The Bertz CT molecular complexity index is 526. The quantitative estimate of drug-likeness (QED) is 0.737. The van der Waals surface area contributed by atoms with Gasteiger partial charge in [0.2, 0.25) is 6.79 Å². The van der Waals surface area contributed by atoms with Crippen LogP contribution in [0.5, 0.6) is 11.5 Å². The van der Waals surface area contributed by atoms with Gasteiger partial charge < -0.3 is 22.4 Å². The smallest absolute Gasteiger partial charge is 0.454 e. The first-order chi connectivity index (χ1) is 8.44. The molecule has 2 nitrogen and oxygen atoms in total. The van der Waals surface area contributed by atoms with Crippen molar-refractivity contribution in [2.75, 3.05) is 6.79 Å². The zero-order chi connectivity index (χ0) is 12.6. The van der Waals surface area contributed by atoms with Crippen LogP contribution in [0.2, 0.25) is 5.31 Å². The van der Waals surface area contributed by atoms with Crippen molar-refractivity contribution in [1.82, 2.24) is 0 Å². The predicted molar refractivity (Wildman–Crippen MR) is 59.9 cm³/mol. The van der Waals surface area contributed by atoms with Crippen LogP contribution in [0.25, 0.3) is 0 Å². The molecule has 4 aliphatic rings. The molecule has 7 heteroatoms. The van der Waals surface area contributed by atoms with Crippen molar-refractivity contribution in [3.05, 3.63) is 23.8 Å². The third-order valence-corrected chi connectivity index (χ3v) is 4.75. The second kappa shape index (κ2) is 4.16. The fourth-order valence-corrected chi connectivity index (χ4v) is 3.75. The molecule has 3 saturated carbocycles. The number of rotatable bonds is 2. The van der Waals surface area contributed by atoms with E-state index in [2.05, 4.69) is 0 Å². The third kappa shape index (κ3) is 1.78. The maximum absolute atomic E-state index is 12.8. The standard InChI is InChI=1S/C12H11BF3O2.K/c14-13(15,16)12-4-11(5-12,6-12)8-1-2-9-10(3-8)18-7-17-9;/h1-3H,4-7H2;/q-1;+1. The van der Waals surface area contributed by atoms with E-state index in [0.717, 1.165) is 5.56 Å². The maximum atomic E-state index is 12.8. The topological polar surface area (TPSA) is 18.5 Å². The minimum absolute atomic E-state index is 0. The molecule has 19 heavy (non-hydrogen) atoms. The number of hydrogen-bond donors (Lipinski definition) is 0. The van der Waals surface area contributed by atoms with Gasteiger partial charge in [0.25, 0.3) is 0 Å². The summed E-state index contributed by atoms with van der Waals surface area (Å²) < 4.78 is 49.0. The molecule has 1 heterocycles. The molecule has 0 atom stereocenters. The number of halogens is 3. The maximum Gasteiger partial charge on any atom is 1.00 e. The Hall–Kier alpha value is 0.311. The van der Waals surface area contributed by atoms with Crippen molar-refractivity contribution < 1.29 is 73.8 Å². The minimum Gasteiger partial charge on any atom is -0.454 e. The molecular formula is C12H11BF3KO2. The van der Waals surface area contributed by atoms with E-state index in [9.17, 15) is 12.9 Å². The van der Waals surface area contributed by atoms with Crippen molar-refractivity contribution in [2.45, 2.75) is 30.0 Å². The van der Waals surface area contributed by atoms with Gasteiger partial charge in [-0.1, -0.05) is 30.6 Å². The molecule has 1 aliphatic heterocycles. The number of fused-ring (bicyclic) bond motifs is 1. The Morgan fingerprint density at radius 3 is 2.26 bits per heavy atom. The van der Waals surface area contributed by atoms with E-state index in [4.69, 9.17) is 9.47 Å². The van der Waals surface area contributed by atoms with Crippen molar-refractivity contribution in [3.8, 4) is 11.5 Å². The van der Waals surface area contributed by atoms with Crippen molar-refractivity contribution in [1.29, 1.82) is 0 Å². The number of benzene rings is 1. The van der Waals surface area contributed by atoms with Crippen LogP contribution in [0.15, 0.2) is 18.2 Å². The van der Waals surface area contributed by atoms with Gasteiger partial charge in [0.1, 0.15) is 0 Å². The van der Waals surface area contributed by atoms with Crippen LogP contribution < -0.4 is 60.9 Å². The average Bonchev–Trinajstić information content (AvgIpc) is 2.57. The molecule has 1 aromatic rings. The van der Waals surface area contributed by atoms with E-state index in [0.29, 0.717) is 11.5 Å². The van der Waals surface area contributed by atoms with Crippen LogP contribution >= 0.6 is 0 Å². The molecular weight excluding hydrogens is 283 g/mol. The van der Waals surface area contributed by atoms with Gasteiger partial charge in [-0.25, -0.2) is 0 Å². The fraction of sp³-hybridized carbons (Fsp3) is 0.500. The van der Waals surface area contributed by atoms with E-state index < -0.39 is 12.3 Å². The zero-order valence-electron chi connectivity index (χ0n) is 10.6. The second-order valence-corrected chi connectivity index (χ2v) is 5.82. The predicted octanol–water partition coefficient (Wildman–Crippen LogP) is 0.442. The van der Waals surface area contributed by atoms with Gasteiger partial charge in [-0.2, -0.15) is 0 Å². The summed E-state index contributed by atoms with van der Waals surface area (Å²) in [5, 5.41) is -1.34. The molecule has 3 aliphatic carbocycles. The van der Waals surface area contributed by atoms with Gasteiger partial charge in [0.15, 0.2) is 11.5 Å². The molecule has 0 aromatic heterocycles. The summed E-state index contributed by atoms with van der Waals surface area (Å²) >= 11 is 0. The summed E-state index contributed by atoms with van der Waals surface area (Å²) in [6, 6.07) is 5.51. The first-order valence-electron chi connectivity index (χ1n) is 6.04. The molecule has 0 unspecified atom stereocenters. The molecule has 96 valence electrons. The van der Waals surface area contributed by atoms with Crippen LogP contribution in [0.1, 0.15) is 24.8 Å². The third-order valence-electron chi connectivity index (χ3n) is 4.75. The average molecular weight is 294 g/mol. The van der Waals surface area contributed by atoms with Crippen LogP contribution in [0, 0.1) is 0 Å². The Balaban J connectivity index is 0.00000110. The van der Waals surface area contributed by atoms with E-state index in [1.165, 1.54) is 0 Å². The molecule has 0 radical (unpaired) electrons. The van der Waals surface area contributed by atoms with Crippen molar-refractivity contribution >= 4 is 6.98 Å². The molecule has 1 aromatic carbocycles. The van der Waals surface area contributed by atoms with E-state index in [1.54, 1.807) is 6.07 Å². The van der Waals surface area contributed by atoms with E-state index >= 15 is 0 Å². The Kier molecular flexibility index (Phi) is 3.12. The van der Waals surface area contributed by atoms with Gasteiger partial charge in [-0.3, -0.25) is 0 Å². The molecule has 0 amide bonds. The monoisotopic (exact) mass is 294 g/mol. The zero-order valence-corrected chi connectivity index (χ0v) is 13.7. The van der Waals surface area contributed by atoms with Gasteiger partial charge in [-0.15, -0.1) is 0 Å². The molecule has 3 fully saturated rings. The van der Waals surface area contributed by atoms with Crippen LogP contribution in [-0.2, 0) is 5.41 Å².